The van der Waals surface area contributed by atoms with E-state index in [-0.39, 0.29) is 25.8 Å². The number of aromatic hydroxyl groups is 1. The average molecular weight is 377 g/mol. The zero-order valence-corrected chi connectivity index (χ0v) is 13.5. The van der Waals surface area contributed by atoms with Crippen LogP contribution < -0.4 is 0 Å². The number of hydrogen-bond acceptors (Lipinski definition) is 1. The van der Waals surface area contributed by atoms with Crippen molar-refractivity contribution in [2.45, 2.75) is 0 Å². The highest BCUT2D eigenvalue weighted by Crippen LogP contribution is 2.47. The monoisotopic (exact) mass is 374 g/mol. The number of rotatable bonds is 1. The standard InChI is InChI=1S/C12H4Cl6O/c13-5-2-7(15)6(14)1-4(5)10-11(17)8(16)3-9(19)12(10)18/h1-3,19H. The Morgan fingerprint density at radius 2 is 1.21 bits per heavy atom. The lowest BCUT2D eigenvalue weighted by Gasteiger charge is -2.13. The minimum atomic E-state index is -0.201. The molecule has 7 heteroatoms. The molecule has 100 valence electrons. The zero-order chi connectivity index (χ0) is 14.3. The van der Waals surface area contributed by atoms with E-state index in [1.165, 1.54) is 18.2 Å². The van der Waals surface area contributed by atoms with Crippen LogP contribution in [0, 0.1) is 0 Å². The number of halogens is 6. The van der Waals surface area contributed by atoms with Crippen LogP contribution in [-0.4, -0.2) is 5.11 Å². The number of phenolic OH excluding ortho intramolecular Hbond substituents is 1. The first-order chi connectivity index (χ1) is 8.82. The molecule has 2 aromatic carbocycles. The van der Waals surface area contributed by atoms with Crippen molar-refractivity contribution in [2.75, 3.05) is 0 Å². The molecule has 0 saturated carbocycles. The molecule has 0 atom stereocenters. The third-order valence-electron chi connectivity index (χ3n) is 2.42. The zero-order valence-electron chi connectivity index (χ0n) is 8.95. The van der Waals surface area contributed by atoms with Crippen molar-refractivity contribution < 1.29 is 5.11 Å². The van der Waals surface area contributed by atoms with Crippen molar-refractivity contribution in [3.63, 3.8) is 0 Å². The fourth-order valence-corrected chi connectivity index (χ4v) is 2.93. The third-order valence-corrected chi connectivity index (χ3v) is 4.62. The van der Waals surface area contributed by atoms with Gasteiger partial charge >= 0.3 is 0 Å². The maximum Gasteiger partial charge on any atom is 0.136 e. The van der Waals surface area contributed by atoms with Crippen LogP contribution in [0.25, 0.3) is 11.1 Å². The average Bonchev–Trinajstić information content (AvgIpc) is 2.33. The lowest BCUT2D eigenvalue weighted by atomic mass is 10.0. The molecule has 2 aromatic rings. The van der Waals surface area contributed by atoms with Crippen molar-refractivity contribution in [3.05, 3.63) is 48.3 Å². The van der Waals surface area contributed by atoms with E-state index in [0.29, 0.717) is 21.2 Å². The lowest BCUT2D eigenvalue weighted by Crippen LogP contribution is -1.86. The van der Waals surface area contributed by atoms with Gasteiger partial charge in [0.2, 0.25) is 0 Å². The number of benzene rings is 2. The topological polar surface area (TPSA) is 20.2 Å². The molecule has 0 saturated heterocycles. The highest BCUT2D eigenvalue weighted by Gasteiger charge is 2.19. The Balaban J connectivity index is 2.83. The second-order valence-corrected chi connectivity index (χ2v) is 6.01. The van der Waals surface area contributed by atoms with E-state index >= 15 is 0 Å². The van der Waals surface area contributed by atoms with Crippen LogP contribution in [0.4, 0.5) is 0 Å². The van der Waals surface area contributed by atoms with E-state index < -0.39 is 0 Å². The predicted octanol–water partition coefficient (Wildman–Crippen LogP) is 6.98. The summed E-state index contributed by atoms with van der Waals surface area (Å²) in [4.78, 5) is 0. The Kier molecular flexibility index (Phi) is 4.67. The molecule has 0 spiro atoms. The minimum Gasteiger partial charge on any atom is -0.506 e. The molecule has 0 bridgehead atoms. The summed E-state index contributed by atoms with van der Waals surface area (Å²) in [7, 11) is 0. The van der Waals surface area contributed by atoms with Gasteiger partial charge in [-0.1, -0.05) is 69.6 Å². The van der Waals surface area contributed by atoms with Crippen molar-refractivity contribution >= 4 is 69.6 Å². The summed E-state index contributed by atoms with van der Waals surface area (Å²) in [5.41, 5.74) is 0.737. The molecule has 1 nitrogen and oxygen atoms in total. The highest BCUT2D eigenvalue weighted by molar-refractivity contribution is 6.48. The fourth-order valence-electron chi connectivity index (χ4n) is 1.54. The highest BCUT2D eigenvalue weighted by atomic mass is 35.5. The molecule has 0 aliphatic carbocycles. The SMILES string of the molecule is Oc1cc(Cl)c(Cl)c(-c2cc(Cl)c(Cl)cc2Cl)c1Cl. The fraction of sp³-hybridized carbons (Fsp3) is 0. The van der Waals surface area contributed by atoms with E-state index in [4.69, 9.17) is 69.6 Å². The molecule has 0 fully saturated rings. The van der Waals surface area contributed by atoms with Gasteiger partial charge in [0.25, 0.3) is 0 Å². The molecule has 2 rings (SSSR count). The maximum atomic E-state index is 9.70. The Labute approximate surface area is 139 Å². The van der Waals surface area contributed by atoms with E-state index in [1.807, 2.05) is 0 Å². The van der Waals surface area contributed by atoms with E-state index in [1.54, 1.807) is 0 Å². The Morgan fingerprint density at radius 3 is 1.84 bits per heavy atom. The molecule has 0 unspecified atom stereocenters. The van der Waals surface area contributed by atoms with E-state index in [2.05, 4.69) is 0 Å². The number of phenols is 1. The van der Waals surface area contributed by atoms with Gasteiger partial charge in [-0.15, -0.1) is 0 Å². The molecule has 0 aliphatic heterocycles. The second kappa shape index (κ2) is 5.77. The predicted molar refractivity (Wildman–Crippen MR) is 83.6 cm³/mol. The molecule has 1 N–H and O–H groups in total. The molecule has 0 aromatic heterocycles. The van der Waals surface area contributed by atoms with E-state index in [0.717, 1.165) is 0 Å². The van der Waals surface area contributed by atoms with Gasteiger partial charge in [-0.2, -0.15) is 0 Å². The van der Waals surface area contributed by atoms with Crippen LogP contribution in [-0.2, 0) is 0 Å². The molecule has 0 aliphatic rings. The Hall–Kier alpha value is -0.0200. The van der Waals surface area contributed by atoms with Crippen molar-refractivity contribution in [1.29, 1.82) is 0 Å². The van der Waals surface area contributed by atoms with Crippen LogP contribution in [0.3, 0.4) is 0 Å². The van der Waals surface area contributed by atoms with E-state index in [9.17, 15) is 5.11 Å². The molecule has 0 amide bonds. The minimum absolute atomic E-state index is 0.0367. The normalized spacial score (nSPS) is 10.8. The van der Waals surface area contributed by atoms with Crippen LogP contribution in [0.2, 0.25) is 30.1 Å². The first-order valence-corrected chi connectivity index (χ1v) is 7.11. The summed E-state index contributed by atoms with van der Waals surface area (Å²) >= 11 is 36.0. The summed E-state index contributed by atoms with van der Waals surface area (Å²) in [6.45, 7) is 0. The van der Waals surface area contributed by atoms with Gasteiger partial charge in [-0.3, -0.25) is 0 Å². The maximum absolute atomic E-state index is 9.70. The molecule has 19 heavy (non-hydrogen) atoms. The first kappa shape index (κ1) is 15.4. The smallest absolute Gasteiger partial charge is 0.136 e. The largest absolute Gasteiger partial charge is 0.506 e. The van der Waals surface area contributed by atoms with Crippen molar-refractivity contribution in [3.8, 4) is 16.9 Å². The quantitative estimate of drug-likeness (QED) is 0.532. The Bertz CT molecular complexity index is 642. The number of hydrogen-bond donors (Lipinski definition) is 1. The summed E-state index contributed by atoms with van der Waals surface area (Å²) in [5, 5.41) is 10.9. The molecule has 0 heterocycles. The summed E-state index contributed by atoms with van der Waals surface area (Å²) < 4.78 is 0. The van der Waals surface area contributed by atoms with Gasteiger partial charge in [0.1, 0.15) is 5.75 Å². The van der Waals surface area contributed by atoms with Gasteiger partial charge < -0.3 is 5.11 Å². The Morgan fingerprint density at radius 1 is 0.632 bits per heavy atom. The van der Waals surface area contributed by atoms with Gasteiger partial charge in [0, 0.05) is 17.2 Å². The van der Waals surface area contributed by atoms with Crippen LogP contribution >= 0.6 is 69.6 Å². The summed E-state index contributed by atoms with van der Waals surface area (Å²) in [5.74, 6) is -0.201. The third kappa shape index (κ3) is 2.87. The second-order valence-electron chi connectivity index (χ2n) is 3.63. The lowest BCUT2D eigenvalue weighted by molar-refractivity contribution is 0.476. The summed E-state index contributed by atoms with van der Waals surface area (Å²) in [6.07, 6.45) is 0. The van der Waals surface area contributed by atoms with Gasteiger partial charge in [0.05, 0.1) is 30.1 Å². The summed E-state index contributed by atoms with van der Waals surface area (Å²) in [6, 6.07) is 4.22. The first-order valence-electron chi connectivity index (χ1n) is 4.84. The molecular formula is C12H4Cl6O. The van der Waals surface area contributed by atoms with Crippen LogP contribution in [0.5, 0.6) is 5.75 Å². The van der Waals surface area contributed by atoms with Gasteiger partial charge in [0.15, 0.2) is 0 Å². The van der Waals surface area contributed by atoms with Gasteiger partial charge in [-0.05, 0) is 12.1 Å². The van der Waals surface area contributed by atoms with Gasteiger partial charge in [-0.25, -0.2) is 0 Å². The molecular weight excluding hydrogens is 373 g/mol. The van der Waals surface area contributed by atoms with Crippen LogP contribution in [0.15, 0.2) is 18.2 Å². The van der Waals surface area contributed by atoms with Crippen molar-refractivity contribution in [2.24, 2.45) is 0 Å². The molecule has 0 radical (unpaired) electrons. The van der Waals surface area contributed by atoms with Crippen molar-refractivity contribution in [1.82, 2.24) is 0 Å². The van der Waals surface area contributed by atoms with Crippen LogP contribution in [0.1, 0.15) is 0 Å².